The van der Waals surface area contributed by atoms with Crippen molar-refractivity contribution in [2.24, 2.45) is 0 Å². The molecule has 22 heavy (non-hydrogen) atoms. The van der Waals surface area contributed by atoms with E-state index in [1.165, 1.54) is 0 Å². The molecule has 0 amide bonds. The lowest BCUT2D eigenvalue weighted by Gasteiger charge is -2.11. The van der Waals surface area contributed by atoms with Crippen LogP contribution in [0, 0.1) is 6.92 Å². The van der Waals surface area contributed by atoms with Crippen LogP contribution in [0.5, 0.6) is 5.88 Å². The first-order chi connectivity index (χ1) is 10.6. The first kappa shape index (κ1) is 16.3. The van der Waals surface area contributed by atoms with Gasteiger partial charge in [0.25, 0.3) is 0 Å². The second-order valence-electron chi connectivity index (χ2n) is 5.00. The fourth-order valence-corrected chi connectivity index (χ4v) is 1.85. The number of pyridine rings is 1. The number of rotatable bonds is 7. The van der Waals surface area contributed by atoms with E-state index < -0.39 is 0 Å². The summed E-state index contributed by atoms with van der Waals surface area (Å²) < 4.78 is 5.56. The minimum atomic E-state index is 0.598. The van der Waals surface area contributed by atoms with Crippen molar-refractivity contribution in [3.63, 3.8) is 0 Å². The Kier molecular flexibility index (Phi) is 5.74. The van der Waals surface area contributed by atoms with Crippen molar-refractivity contribution in [2.75, 3.05) is 32.6 Å². The Balaban J connectivity index is 2.02. The number of hydrogen-bond acceptors (Lipinski definition) is 7. The Morgan fingerprint density at radius 3 is 2.73 bits per heavy atom. The van der Waals surface area contributed by atoms with E-state index in [2.05, 4.69) is 25.2 Å². The number of ether oxygens (including phenoxy) is 1. The number of aryl methyl sites for hydroxylation is 1. The van der Waals surface area contributed by atoms with Gasteiger partial charge in [-0.05, 0) is 27.1 Å². The largest absolute Gasteiger partial charge is 0.476 e. The zero-order valence-corrected chi connectivity index (χ0v) is 13.7. The van der Waals surface area contributed by atoms with Crippen LogP contribution in [0.4, 0.5) is 11.5 Å². The predicted octanol–water partition coefficient (Wildman–Crippen LogP) is 2.21. The van der Waals surface area contributed by atoms with Gasteiger partial charge in [-0.25, -0.2) is 15.0 Å². The molecule has 0 saturated carbocycles. The molecule has 0 fully saturated rings. The summed E-state index contributed by atoms with van der Waals surface area (Å²) in [4.78, 5) is 14.8. The van der Waals surface area contributed by atoms with Gasteiger partial charge in [0.1, 0.15) is 18.2 Å². The number of nitrogens with one attached hydrogen (secondary N) is 1. The van der Waals surface area contributed by atoms with E-state index in [-0.39, 0.29) is 0 Å². The van der Waals surface area contributed by atoms with E-state index in [0.29, 0.717) is 24.1 Å². The predicted molar refractivity (Wildman–Crippen MR) is 91.1 cm³/mol. The van der Waals surface area contributed by atoms with Crippen molar-refractivity contribution in [2.45, 2.75) is 6.92 Å². The molecular weight excluding hydrogens is 298 g/mol. The maximum atomic E-state index is 5.56. The van der Waals surface area contributed by atoms with Crippen molar-refractivity contribution in [1.29, 1.82) is 0 Å². The summed E-state index contributed by atoms with van der Waals surface area (Å²) >= 11 is 4.97. The summed E-state index contributed by atoms with van der Waals surface area (Å²) in [5.74, 6) is 1.95. The highest BCUT2D eigenvalue weighted by Crippen LogP contribution is 2.18. The summed E-state index contributed by atoms with van der Waals surface area (Å²) in [5, 5.41) is 4.74. The molecule has 7 heteroatoms. The first-order valence-corrected chi connectivity index (χ1v) is 7.35. The van der Waals surface area contributed by atoms with Crippen LogP contribution in [-0.4, -0.2) is 52.5 Å². The second-order valence-corrected chi connectivity index (χ2v) is 5.24. The molecule has 2 heterocycles. The van der Waals surface area contributed by atoms with E-state index in [4.69, 9.17) is 17.0 Å². The number of aromatic nitrogens is 3. The van der Waals surface area contributed by atoms with Crippen LogP contribution in [0.1, 0.15) is 11.4 Å². The summed E-state index contributed by atoms with van der Waals surface area (Å²) in [7, 11) is 4.00. The first-order valence-electron chi connectivity index (χ1n) is 6.88. The number of thiocarbonyl (C=S) groups is 1. The average molecular weight is 317 g/mol. The minimum Gasteiger partial charge on any atom is -0.476 e. The quantitative estimate of drug-likeness (QED) is 0.785. The second kappa shape index (κ2) is 7.77. The van der Waals surface area contributed by atoms with Crippen LogP contribution in [0.25, 0.3) is 0 Å². The van der Waals surface area contributed by atoms with Gasteiger partial charge in [0.2, 0.25) is 5.88 Å². The summed E-state index contributed by atoms with van der Waals surface area (Å²) in [5.41, 5.74) is 1.59. The normalized spacial score (nSPS) is 10.5. The number of likely N-dealkylation sites (N-methyl/N-ethyl adjacent to an activating group) is 1. The Morgan fingerprint density at radius 1 is 1.27 bits per heavy atom. The van der Waals surface area contributed by atoms with Crippen LogP contribution in [-0.2, 0) is 0 Å². The van der Waals surface area contributed by atoms with Gasteiger partial charge in [-0.2, -0.15) is 0 Å². The smallest absolute Gasteiger partial charge is 0.213 e. The molecule has 0 atom stereocenters. The Labute approximate surface area is 135 Å². The molecule has 0 spiro atoms. The number of hydrogen-bond donors (Lipinski definition) is 1. The van der Waals surface area contributed by atoms with Gasteiger partial charge in [-0.15, -0.1) is 0 Å². The van der Waals surface area contributed by atoms with Gasteiger partial charge in [0, 0.05) is 29.7 Å². The molecule has 0 bridgehead atoms. The third kappa shape index (κ3) is 4.71. The molecule has 0 aromatic carbocycles. The van der Waals surface area contributed by atoms with Crippen molar-refractivity contribution >= 4 is 29.1 Å². The molecule has 116 valence electrons. The van der Waals surface area contributed by atoms with E-state index in [1.807, 2.05) is 33.2 Å². The summed E-state index contributed by atoms with van der Waals surface area (Å²) in [6.45, 7) is 3.28. The molecular formula is C15H19N5OS. The van der Waals surface area contributed by atoms with E-state index >= 15 is 0 Å². The molecule has 0 aliphatic heterocycles. The summed E-state index contributed by atoms with van der Waals surface area (Å²) in [6, 6.07) is 3.71. The third-order valence-electron chi connectivity index (χ3n) is 2.85. The maximum Gasteiger partial charge on any atom is 0.213 e. The fourth-order valence-electron chi connectivity index (χ4n) is 1.67. The molecule has 2 aromatic rings. The maximum absolute atomic E-state index is 5.56. The number of nitrogens with zero attached hydrogens (tertiary/aromatic N) is 4. The number of anilines is 2. The van der Waals surface area contributed by atoms with Crippen LogP contribution in [0.15, 0.2) is 24.5 Å². The van der Waals surface area contributed by atoms with Gasteiger partial charge in [0.05, 0.1) is 11.9 Å². The third-order valence-corrected chi connectivity index (χ3v) is 3.11. The van der Waals surface area contributed by atoms with Gasteiger partial charge in [-0.3, -0.25) is 0 Å². The van der Waals surface area contributed by atoms with E-state index in [1.54, 1.807) is 17.8 Å². The highest BCUT2D eigenvalue weighted by molar-refractivity contribution is 7.79. The van der Waals surface area contributed by atoms with Crippen molar-refractivity contribution in [3.05, 3.63) is 35.9 Å². The zero-order chi connectivity index (χ0) is 15.9. The van der Waals surface area contributed by atoms with Crippen LogP contribution < -0.4 is 10.1 Å². The lowest BCUT2D eigenvalue weighted by molar-refractivity contribution is 0.254. The highest BCUT2D eigenvalue weighted by Gasteiger charge is 2.05. The van der Waals surface area contributed by atoms with Crippen LogP contribution in [0.2, 0.25) is 0 Å². The molecule has 0 aliphatic carbocycles. The highest BCUT2D eigenvalue weighted by atomic mass is 32.1. The molecule has 2 aromatic heterocycles. The molecule has 2 rings (SSSR count). The minimum absolute atomic E-state index is 0.598. The van der Waals surface area contributed by atoms with Gasteiger partial charge in [-0.1, -0.05) is 12.2 Å². The van der Waals surface area contributed by atoms with E-state index in [9.17, 15) is 0 Å². The molecule has 0 saturated heterocycles. The monoisotopic (exact) mass is 317 g/mol. The lowest BCUT2D eigenvalue weighted by atomic mass is 10.3. The summed E-state index contributed by atoms with van der Waals surface area (Å²) in [6.07, 6.45) is 3.40. The molecule has 0 unspecified atom stereocenters. The Bertz CT molecular complexity index is 630. The Morgan fingerprint density at radius 2 is 2.09 bits per heavy atom. The van der Waals surface area contributed by atoms with Crippen LogP contribution >= 0.6 is 12.2 Å². The van der Waals surface area contributed by atoms with Crippen LogP contribution in [0.3, 0.4) is 0 Å². The molecule has 0 aliphatic rings. The van der Waals surface area contributed by atoms with Gasteiger partial charge in [0.15, 0.2) is 0 Å². The van der Waals surface area contributed by atoms with Gasteiger partial charge < -0.3 is 15.0 Å². The Hall–Kier alpha value is -2.12. The average Bonchev–Trinajstić information content (AvgIpc) is 2.49. The van der Waals surface area contributed by atoms with Crippen molar-refractivity contribution in [3.8, 4) is 5.88 Å². The standard InChI is InChI=1S/C15H19N5OS/c1-11-16-8-12(10-22)15(18-11)19-13-4-5-14(17-9-13)21-7-6-20(2)3/h4-5,8-10H,6-7H2,1-3H3,(H,16,18,19). The molecule has 1 N–H and O–H groups in total. The molecule has 0 radical (unpaired) electrons. The molecule has 6 nitrogen and oxygen atoms in total. The zero-order valence-electron chi connectivity index (χ0n) is 12.9. The SMILES string of the molecule is Cc1ncc(C=S)c(Nc2ccc(OCCN(C)C)nc2)n1. The topological polar surface area (TPSA) is 63.2 Å². The van der Waals surface area contributed by atoms with Crippen molar-refractivity contribution in [1.82, 2.24) is 19.9 Å². The fraction of sp³-hybridized carbons (Fsp3) is 0.333. The van der Waals surface area contributed by atoms with Gasteiger partial charge >= 0.3 is 0 Å². The van der Waals surface area contributed by atoms with Crippen molar-refractivity contribution < 1.29 is 4.74 Å². The lowest BCUT2D eigenvalue weighted by Crippen LogP contribution is -2.19. The van der Waals surface area contributed by atoms with E-state index in [0.717, 1.165) is 17.8 Å².